The smallest absolute Gasteiger partial charge is 0.236 e. The van der Waals surface area contributed by atoms with E-state index in [1.165, 1.54) is 25.4 Å². The minimum Gasteiger partial charge on any atom is -0.496 e. The number of ether oxygens (including phenoxy) is 1. The summed E-state index contributed by atoms with van der Waals surface area (Å²) in [6.07, 6.45) is 2.33. The van der Waals surface area contributed by atoms with Gasteiger partial charge < -0.3 is 10.1 Å². The number of aromatic nitrogens is 4. The van der Waals surface area contributed by atoms with Crippen LogP contribution in [0.25, 0.3) is 27.7 Å². The van der Waals surface area contributed by atoms with E-state index >= 15 is 4.39 Å². The van der Waals surface area contributed by atoms with Crippen LogP contribution in [-0.2, 0) is 15.6 Å². The Labute approximate surface area is 188 Å². The third-order valence-electron chi connectivity index (χ3n) is 5.84. The number of benzene rings is 2. The monoisotopic (exact) mass is 473 g/mol. The summed E-state index contributed by atoms with van der Waals surface area (Å²) in [5.41, 5.74) is 0.297. The van der Waals surface area contributed by atoms with E-state index < -0.39 is 27.2 Å². The molecule has 172 valence electrons. The number of anilines is 1. The Bertz CT molecular complexity index is 1570. The van der Waals surface area contributed by atoms with Crippen molar-refractivity contribution in [2.45, 2.75) is 26.3 Å². The fraction of sp³-hybridized carbons (Fsp3) is 0.273. The lowest BCUT2D eigenvalue weighted by molar-refractivity contribution is 0.412. The lowest BCUT2D eigenvalue weighted by atomic mass is 9.95. The number of nitrogens with one attached hydrogen (secondary N) is 1. The Morgan fingerprint density at radius 2 is 1.88 bits per heavy atom. The Kier molecular flexibility index (Phi) is 4.38. The van der Waals surface area contributed by atoms with Crippen molar-refractivity contribution in [2.75, 3.05) is 18.7 Å². The molecule has 2 aromatic heterocycles. The third kappa shape index (κ3) is 3.02. The van der Waals surface area contributed by atoms with E-state index in [0.717, 1.165) is 16.3 Å². The minimum absolute atomic E-state index is 0.00700. The molecule has 0 bridgehead atoms. The third-order valence-corrected chi connectivity index (χ3v) is 6.88. The summed E-state index contributed by atoms with van der Waals surface area (Å²) in [4.78, 5) is 0. The maximum Gasteiger partial charge on any atom is 0.236 e. The molecule has 0 saturated heterocycles. The van der Waals surface area contributed by atoms with Gasteiger partial charge in [0.05, 0.1) is 35.7 Å². The van der Waals surface area contributed by atoms with E-state index in [9.17, 15) is 12.8 Å². The van der Waals surface area contributed by atoms with Gasteiger partial charge in [-0.1, -0.05) is 0 Å². The predicted octanol–water partition coefficient (Wildman–Crippen LogP) is 3.95. The topological polar surface area (TPSA) is 91.0 Å². The van der Waals surface area contributed by atoms with Crippen molar-refractivity contribution in [3.05, 3.63) is 53.7 Å². The van der Waals surface area contributed by atoms with E-state index in [0.29, 0.717) is 22.7 Å². The fourth-order valence-electron chi connectivity index (χ4n) is 4.45. The number of fused-ring (bicyclic) bond motifs is 4. The van der Waals surface area contributed by atoms with Crippen molar-refractivity contribution in [3.63, 3.8) is 0 Å². The molecule has 4 aromatic rings. The summed E-state index contributed by atoms with van der Waals surface area (Å²) >= 11 is 0. The van der Waals surface area contributed by atoms with Crippen LogP contribution in [0.1, 0.15) is 25.5 Å². The van der Waals surface area contributed by atoms with Gasteiger partial charge in [0.15, 0.2) is 11.6 Å². The van der Waals surface area contributed by atoms with Crippen LogP contribution in [0, 0.1) is 18.6 Å². The first-order chi connectivity index (χ1) is 15.4. The second kappa shape index (κ2) is 6.77. The van der Waals surface area contributed by atoms with Crippen molar-refractivity contribution in [1.29, 1.82) is 0 Å². The van der Waals surface area contributed by atoms with Crippen LogP contribution < -0.4 is 10.1 Å². The van der Waals surface area contributed by atoms with Crippen LogP contribution in [0.15, 0.2) is 30.5 Å². The largest absolute Gasteiger partial charge is 0.496 e. The van der Waals surface area contributed by atoms with Crippen LogP contribution in [0.2, 0.25) is 0 Å². The molecule has 0 aliphatic carbocycles. The van der Waals surface area contributed by atoms with Crippen LogP contribution in [0.5, 0.6) is 5.75 Å². The van der Waals surface area contributed by atoms with Crippen LogP contribution in [0.3, 0.4) is 0 Å². The average molecular weight is 474 g/mol. The first kappa shape index (κ1) is 21.4. The number of aryl methyl sites for hydroxylation is 1. The quantitative estimate of drug-likeness (QED) is 0.485. The zero-order chi connectivity index (χ0) is 23.9. The molecule has 0 amide bonds. The van der Waals surface area contributed by atoms with E-state index in [1.807, 2.05) is 13.8 Å². The number of methoxy groups -OCH3 is 1. The molecule has 3 heterocycles. The zero-order valence-electron chi connectivity index (χ0n) is 18.6. The molecular formula is C22H21F2N5O3S. The van der Waals surface area contributed by atoms with Crippen molar-refractivity contribution < 1.29 is 21.9 Å². The van der Waals surface area contributed by atoms with Crippen molar-refractivity contribution in [1.82, 2.24) is 18.7 Å². The molecule has 0 spiro atoms. The fourth-order valence-corrected chi connectivity index (χ4v) is 5.24. The van der Waals surface area contributed by atoms with Crippen molar-refractivity contribution in [3.8, 4) is 22.6 Å². The average Bonchev–Trinajstić information content (AvgIpc) is 3.31. The van der Waals surface area contributed by atoms with Gasteiger partial charge in [-0.05, 0) is 39.0 Å². The van der Waals surface area contributed by atoms with E-state index in [2.05, 4.69) is 15.5 Å². The number of halogens is 2. The summed E-state index contributed by atoms with van der Waals surface area (Å²) < 4.78 is 63.5. The molecule has 11 heteroatoms. The molecular weight excluding hydrogens is 452 g/mol. The van der Waals surface area contributed by atoms with Crippen molar-refractivity contribution >= 4 is 26.6 Å². The molecule has 33 heavy (non-hydrogen) atoms. The highest BCUT2D eigenvalue weighted by molar-refractivity contribution is 7.89. The van der Waals surface area contributed by atoms with E-state index in [-0.39, 0.29) is 28.1 Å². The second-order valence-electron chi connectivity index (χ2n) is 8.58. The summed E-state index contributed by atoms with van der Waals surface area (Å²) in [5, 5.41) is 12.0. The highest BCUT2D eigenvalue weighted by atomic mass is 32.2. The first-order valence-electron chi connectivity index (χ1n) is 10.1. The number of nitrogens with zero attached hydrogens (tertiary/aromatic N) is 4. The molecule has 1 aliphatic rings. The van der Waals surface area contributed by atoms with Crippen LogP contribution in [0.4, 0.5) is 14.5 Å². The molecule has 0 radical (unpaired) electrons. The summed E-state index contributed by atoms with van der Waals surface area (Å²) in [6, 6.07) is 5.43. The van der Waals surface area contributed by atoms with Gasteiger partial charge in [-0.15, -0.1) is 10.2 Å². The van der Waals surface area contributed by atoms with E-state index in [1.54, 1.807) is 17.6 Å². The zero-order valence-corrected chi connectivity index (χ0v) is 19.4. The molecule has 1 aliphatic heterocycles. The standard InChI is InChI=1S/C22H21F2N5O3S/c1-11-26-27-21-22(2,3)25-15-10-17(32-4)18(19(24)20(15)29(11)21)14-8-12(23)9-16-13(14)6-7-28(16)33(5,30)31/h6-10,25H,1-5H3. The molecule has 1 N–H and O–H groups in total. The Morgan fingerprint density at radius 1 is 1.15 bits per heavy atom. The van der Waals surface area contributed by atoms with Crippen molar-refractivity contribution in [2.24, 2.45) is 0 Å². The Morgan fingerprint density at radius 3 is 2.55 bits per heavy atom. The first-order valence-corrected chi connectivity index (χ1v) is 11.9. The van der Waals surface area contributed by atoms with Gasteiger partial charge in [0.1, 0.15) is 23.1 Å². The molecule has 0 atom stereocenters. The Hall–Kier alpha value is -3.47. The second-order valence-corrected chi connectivity index (χ2v) is 10.4. The van der Waals surface area contributed by atoms with Gasteiger partial charge in [0, 0.05) is 23.2 Å². The maximum atomic E-state index is 16.3. The molecule has 0 saturated carbocycles. The lowest BCUT2D eigenvalue weighted by Crippen LogP contribution is -2.36. The molecule has 8 nitrogen and oxygen atoms in total. The van der Waals surface area contributed by atoms with Gasteiger partial charge in [-0.3, -0.25) is 4.57 Å². The maximum absolute atomic E-state index is 16.3. The predicted molar refractivity (Wildman–Crippen MR) is 120 cm³/mol. The lowest BCUT2D eigenvalue weighted by Gasteiger charge is -2.34. The van der Waals surface area contributed by atoms with Crippen LogP contribution in [-0.4, -0.2) is 40.5 Å². The molecule has 5 rings (SSSR count). The number of hydrogen-bond donors (Lipinski definition) is 1. The van der Waals surface area contributed by atoms with Gasteiger partial charge in [0.25, 0.3) is 0 Å². The summed E-state index contributed by atoms with van der Waals surface area (Å²) in [6.45, 7) is 5.52. The summed E-state index contributed by atoms with van der Waals surface area (Å²) in [7, 11) is -2.30. The normalized spacial score (nSPS) is 14.6. The molecule has 0 fully saturated rings. The highest BCUT2D eigenvalue weighted by Crippen LogP contribution is 2.47. The number of rotatable bonds is 3. The van der Waals surface area contributed by atoms with Gasteiger partial charge in [-0.25, -0.2) is 21.2 Å². The van der Waals surface area contributed by atoms with Gasteiger partial charge >= 0.3 is 0 Å². The van der Waals surface area contributed by atoms with E-state index in [4.69, 9.17) is 4.74 Å². The van der Waals surface area contributed by atoms with Gasteiger partial charge in [-0.2, -0.15) is 0 Å². The SMILES string of the molecule is COc1cc2c(c(F)c1-c1cc(F)cc3c1ccn3S(C)(=O)=O)-n1c(C)nnc1C(C)(C)N2. The van der Waals surface area contributed by atoms with Gasteiger partial charge in [0.2, 0.25) is 10.0 Å². The number of hydrogen-bond acceptors (Lipinski definition) is 6. The highest BCUT2D eigenvalue weighted by Gasteiger charge is 2.37. The van der Waals surface area contributed by atoms with Crippen LogP contribution >= 0.6 is 0 Å². The minimum atomic E-state index is -3.70. The molecule has 2 aromatic carbocycles. The summed E-state index contributed by atoms with van der Waals surface area (Å²) in [5.74, 6) is -0.197. The molecule has 0 unspecified atom stereocenters. The Balaban J connectivity index is 1.89.